The van der Waals surface area contributed by atoms with E-state index in [-0.39, 0.29) is 12.3 Å². The summed E-state index contributed by atoms with van der Waals surface area (Å²) in [5.74, 6) is 0.971. The first-order valence-corrected chi connectivity index (χ1v) is 20.6. The molecular formula is C48H39N3OS. The minimum Gasteiger partial charge on any atom is -0.456 e. The molecule has 0 fully saturated rings. The van der Waals surface area contributed by atoms with E-state index in [0.717, 1.165) is 50.0 Å². The average Bonchev–Trinajstić information content (AvgIpc) is 3.71. The normalized spacial score (nSPS) is 18.1. The Morgan fingerprint density at radius 2 is 1.08 bits per heavy atom. The summed E-state index contributed by atoms with van der Waals surface area (Å²) in [6, 6.07) is 58.7. The Kier molecular flexibility index (Phi) is 7.43. The SMILES string of the molecule is CN1C(c2cccc3c2-c2c(-c4ccccc4)cccc2S3(C)C)=NC(c2ccccc2)NC1c1cccc2oc3cccc(-c4ccccc4)c3c12. The van der Waals surface area contributed by atoms with Crippen LogP contribution in [0.4, 0.5) is 0 Å². The Hall–Kier alpha value is -5.88. The molecule has 0 bridgehead atoms. The number of rotatable bonds is 5. The molecule has 1 N–H and O–H groups in total. The summed E-state index contributed by atoms with van der Waals surface area (Å²) in [7, 11) is 0.904. The first kappa shape index (κ1) is 31.8. The van der Waals surface area contributed by atoms with Gasteiger partial charge in [-0.3, -0.25) is 5.32 Å². The average molecular weight is 706 g/mol. The molecule has 53 heavy (non-hydrogen) atoms. The van der Waals surface area contributed by atoms with Gasteiger partial charge < -0.3 is 9.32 Å². The van der Waals surface area contributed by atoms with E-state index in [9.17, 15) is 0 Å². The fourth-order valence-corrected chi connectivity index (χ4v) is 11.1. The van der Waals surface area contributed by atoms with E-state index >= 15 is 0 Å². The van der Waals surface area contributed by atoms with Gasteiger partial charge in [-0.25, -0.2) is 4.99 Å². The van der Waals surface area contributed by atoms with Gasteiger partial charge in [-0.2, -0.15) is 10.0 Å². The van der Waals surface area contributed by atoms with Gasteiger partial charge >= 0.3 is 0 Å². The Morgan fingerprint density at radius 1 is 0.547 bits per heavy atom. The molecule has 10 rings (SSSR count). The number of benzene rings is 7. The zero-order valence-corrected chi connectivity index (χ0v) is 30.8. The molecule has 0 saturated carbocycles. The zero-order chi connectivity index (χ0) is 35.7. The van der Waals surface area contributed by atoms with Crippen molar-refractivity contribution in [1.82, 2.24) is 10.2 Å². The van der Waals surface area contributed by atoms with Gasteiger partial charge in [0.2, 0.25) is 0 Å². The molecule has 2 aliphatic rings. The quantitative estimate of drug-likeness (QED) is 0.194. The fraction of sp³-hybridized carbons (Fsp3) is 0.104. The Labute approximate surface area is 311 Å². The molecule has 3 heterocycles. The molecule has 2 unspecified atom stereocenters. The molecule has 0 saturated heterocycles. The van der Waals surface area contributed by atoms with Crippen LogP contribution in [-0.2, 0) is 0 Å². The van der Waals surface area contributed by atoms with Gasteiger partial charge in [-0.05, 0) is 64.6 Å². The maximum atomic E-state index is 6.61. The van der Waals surface area contributed by atoms with E-state index in [4.69, 9.17) is 9.41 Å². The van der Waals surface area contributed by atoms with Crippen molar-refractivity contribution in [2.45, 2.75) is 22.1 Å². The lowest BCUT2D eigenvalue weighted by Crippen LogP contribution is -2.46. The largest absolute Gasteiger partial charge is 0.456 e. The number of furan rings is 1. The molecule has 5 heteroatoms. The van der Waals surface area contributed by atoms with Crippen LogP contribution < -0.4 is 5.32 Å². The monoisotopic (exact) mass is 705 g/mol. The van der Waals surface area contributed by atoms with Gasteiger partial charge in [-0.15, -0.1) is 0 Å². The highest BCUT2D eigenvalue weighted by Gasteiger charge is 2.39. The standard InChI is InChI=1S/C48H39N3OS/c1-51-47(36-25-14-28-39-43(36)42-34(23-13-27-38(42)52-39)31-17-7-4-8-18-31)49-46(33-21-11-6-12-22-33)50-48(51)37-26-16-30-41-45(37)44-35(32-19-9-5-10-20-32)24-15-29-40(44)53(41,2)3/h4-30,46-47,49H,1-3H3. The van der Waals surface area contributed by atoms with Crippen LogP contribution in [0.2, 0.25) is 0 Å². The second-order valence-electron chi connectivity index (χ2n) is 14.4. The van der Waals surface area contributed by atoms with Gasteiger partial charge in [0.1, 0.15) is 29.3 Å². The molecule has 2 atom stereocenters. The van der Waals surface area contributed by atoms with Gasteiger partial charge in [0, 0.05) is 49.9 Å². The Bertz CT molecular complexity index is 2700. The molecule has 0 spiro atoms. The third kappa shape index (κ3) is 4.99. The highest BCUT2D eigenvalue weighted by Crippen LogP contribution is 2.69. The van der Waals surface area contributed by atoms with E-state index in [2.05, 4.69) is 194 Å². The summed E-state index contributed by atoms with van der Waals surface area (Å²) >= 11 is 0. The summed E-state index contributed by atoms with van der Waals surface area (Å²) < 4.78 is 6.61. The Morgan fingerprint density at radius 3 is 1.75 bits per heavy atom. The van der Waals surface area contributed by atoms with Crippen molar-refractivity contribution in [3.63, 3.8) is 0 Å². The van der Waals surface area contributed by atoms with Crippen molar-refractivity contribution < 1.29 is 4.42 Å². The van der Waals surface area contributed by atoms with Crippen molar-refractivity contribution in [2.75, 3.05) is 19.6 Å². The Balaban J connectivity index is 1.21. The van der Waals surface area contributed by atoms with Gasteiger partial charge in [0.25, 0.3) is 0 Å². The summed E-state index contributed by atoms with van der Waals surface area (Å²) in [5, 5.41) is 6.24. The smallest absolute Gasteiger partial charge is 0.136 e. The molecule has 7 aromatic carbocycles. The van der Waals surface area contributed by atoms with E-state index < -0.39 is 10.0 Å². The molecule has 2 aliphatic heterocycles. The molecule has 8 aromatic rings. The molecule has 258 valence electrons. The van der Waals surface area contributed by atoms with Crippen LogP contribution in [0, 0.1) is 0 Å². The highest BCUT2D eigenvalue weighted by atomic mass is 32.3. The number of aliphatic imine (C=N–C) groups is 1. The topological polar surface area (TPSA) is 40.8 Å². The lowest BCUT2D eigenvalue weighted by Gasteiger charge is -2.40. The van der Waals surface area contributed by atoms with Gasteiger partial charge in [0.05, 0.1) is 0 Å². The van der Waals surface area contributed by atoms with Crippen molar-refractivity contribution >= 4 is 37.8 Å². The van der Waals surface area contributed by atoms with Crippen molar-refractivity contribution in [2.24, 2.45) is 4.99 Å². The number of fused-ring (bicyclic) bond motifs is 6. The van der Waals surface area contributed by atoms with E-state index in [1.807, 2.05) is 0 Å². The molecule has 0 aliphatic carbocycles. The minimum absolute atomic E-state index is 0.206. The summed E-state index contributed by atoms with van der Waals surface area (Å²) in [6.45, 7) is 0. The number of hydrogen-bond donors (Lipinski definition) is 1. The molecule has 0 radical (unpaired) electrons. The van der Waals surface area contributed by atoms with Crippen molar-refractivity contribution in [1.29, 1.82) is 0 Å². The van der Waals surface area contributed by atoms with Crippen molar-refractivity contribution in [3.8, 4) is 33.4 Å². The van der Waals surface area contributed by atoms with Crippen molar-refractivity contribution in [3.05, 3.63) is 180 Å². The third-order valence-electron chi connectivity index (χ3n) is 11.1. The molecule has 4 nitrogen and oxygen atoms in total. The predicted octanol–water partition coefficient (Wildman–Crippen LogP) is 12.1. The number of nitrogens with one attached hydrogen (secondary N) is 1. The molecule has 1 aromatic heterocycles. The van der Waals surface area contributed by atoms with Crippen LogP contribution in [0.5, 0.6) is 0 Å². The van der Waals surface area contributed by atoms with E-state index in [1.165, 1.54) is 37.6 Å². The van der Waals surface area contributed by atoms with Crippen LogP contribution in [0.25, 0.3) is 55.3 Å². The predicted molar refractivity (Wildman–Crippen MR) is 222 cm³/mol. The third-order valence-corrected chi connectivity index (χ3v) is 13.9. The number of hydrogen-bond acceptors (Lipinski definition) is 4. The molecule has 0 amide bonds. The van der Waals surface area contributed by atoms with Crippen LogP contribution in [0.15, 0.2) is 183 Å². The van der Waals surface area contributed by atoms with Crippen LogP contribution >= 0.6 is 10.0 Å². The lowest BCUT2D eigenvalue weighted by atomic mass is 9.90. The van der Waals surface area contributed by atoms with E-state index in [0.29, 0.717) is 0 Å². The zero-order valence-electron chi connectivity index (χ0n) is 30.0. The second-order valence-corrected chi connectivity index (χ2v) is 17.9. The lowest BCUT2D eigenvalue weighted by molar-refractivity contribution is 0.259. The molecular weight excluding hydrogens is 667 g/mol. The minimum atomic E-state index is -1.28. The van der Waals surface area contributed by atoms with Gasteiger partial charge in [-0.1, -0.05) is 140 Å². The maximum absolute atomic E-state index is 6.61. The second kappa shape index (κ2) is 12.4. The first-order chi connectivity index (χ1) is 26.0. The number of amidine groups is 1. The van der Waals surface area contributed by atoms with Crippen LogP contribution in [0.1, 0.15) is 29.0 Å². The fourth-order valence-electron chi connectivity index (χ4n) is 8.57. The van der Waals surface area contributed by atoms with Crippen LogP contribution in [-0.4, -0.2) is 30.3 Å². The maximum Gasteiger partial charge on any atom is 0.136 e. The summed E-state index contributed by atoms with van der Waals surface area (Å²) in [4.78, 5) is 10.8. The highest BCUT2D eigenvalue weighted by molar-refractivity contribution is 8.33. The summed E-state index contributed by atoms with van der Waals surface area (Å²) in [5.41, 5.74) is 12.7. The van der Waals surface area contributed by atoms with E-state index in [1.54, 1.807) is 0 Å². The number of nitrogens with zero attached hydrogens (tertiary/aromatic N) is 2. The first-order valence-electron chi connectivity index (χ1n) is 18.2. The van der Waals surface area contributed by atoms with Crippen LogP contribution in [0.3, 0.4) is 0 Å². The summed E-state index contributed by atoms with van der Waals surface area (Å²) in [6.07, 6.45) is 4.40. The van der Waals surface area contributed by atoms with Gasteiger partial charge in [0.15, 0.2) is 0 Å².